The predicted molar refractivity (Wildman–Crippen MR) is 82.5 cm³/mol. The van der Waals surface area contributed by atoms with Gasteiger partial charge in [-0.2, -0.15) is 9.40 Å². The summed E-state index contributed by atoms with van der Waals surface area (Å²) in [4.78, 5) is 0. The summed E-state index contributed by atoms with van der Waals surface area (Å²) in [6.45, 7) is 2.20. The van der Waals surface area contributed by atoms with Crippen LogP contribution in [0.25, 0.3) is 0 Å². The lowest BCUT2D eigenvalue weighted by Gasteiger charge is -2.27. The molecule has 1 heterocycles. The van der Waals surface area contributed by atoms with E-state index in [1.165, 1.54) is 11.3 Å². The van der Waals surface area contributed by atoms with Crippen LogP contribution in [-0.4, -0.2) is 34.3 Å². The Morgan fingerprint density at radius 3 is 2.62 bits per heavy atom. The predicted octanol–water partition coefficient (Wildman–Crippen LogP) is 2.00. The topological polar surface area (TPSA) is 55.2 Å². The lowest BCUT2D eigenvalue weighted by atomic mass is 10.2. The third kappa shape index (κ3) is 2.75. The normalized spacial score (nSPS) is 19.6. The Morgan fingerprint density at radius 1 is 1.24 bits per heavy atom. The van der Waals surface area contributed by atoms with Gasteiger partial charge >= 0.3 is 0 Å². The number of rotatable bonds is 5. The molecule has 0 saturated heterocycles. The molecule has 0 bridgehead atoms. The lowest BCUT2D eigenvalue weighted by molar-refractivity contribution is 0.312. The Hall–Kier alpha value is -0.880. The van der Waals surface area contributed by atoms with Crippen molar-refractivity contribution in [1.29, 1.82) is 0 Å². The van der Waals surface area contributed by atoms with Gasteiger partial charge in [-0.1, -0.05) is 12.8 Å². The van der Waals surface area contributed by atoms with Gasteiger partial charge in [0.1, 0.15) is 0 Å². The minimum Gasteiger partial charge on any atom is -0.272 e. The van der Waals surface area contributed by atoms with E-state index in [0.29, 0.717) is 6.54 Å². The Balaban J connectivity index is 1.90. The van der Waals surface area contributed by atoms with Crippen LogP contribution >= 0.6 is 0 Å². The molecule has 3 rings (SSSR count). The first kappa shape index (κ1) is 15.0. The molecule has 2 aliphatic carbocycles. The van der Waals surface area contributed by atoms with Crippen LogP contribution in [0.1, 0.15) is 56.0 Å². The largest absolute Gasteiger partial charge is 0.272 e. The first-order chi connectivity index (χ1) is 10.0. The van der Waals surface area contributed by atoms with E-state index >= 15 is 0 Å². The van der Waals surface area contributed by atoms with Gasteiger partial charge in [0.05, 0.1) is 18.0 Å². The second kappa shape index (κ2) is 5.72. The standard InChI is InChI=1S/C15H25N3O2S/c1-3-21(19,20)18(12-7-4-5-8-12)11-14-13-9-6-10-15(13)17(2)16-14/h12H,3-11H2,1-2H3. The molecule has 0 N–H and O–H groups in total. The van der Waals surface area contributed by atoms with Crippen LogP contribution in [0.5, 0.6) is 0 Å². The SMILES string of the molecule is CCS(=O)(=O)N(Cc1nn(C)c2c1CCC2)C1CCCC1. The molecule has 0 aromatic carbocycles. The second-order valence-corrected chi connectivity index (χ2v) is 8.44. The maximum absolute atomic E-state index is 12.5. The molecule has 0 unspecified atom stereocenters. The molecule has 0 atom stereocenters. The fourth-order valence-corrected chi connectivity index (χ4v) is 5.10. The van der Waals surface area contributed by atoms with Gasteiger partial charge in [0.2, 0.25) is 10.0 Å². The minimum absolute atomic E-state index is 0.175. The smallest absolute Gasteiger partial charge is 0.214 e. The Labute approximate surface area is 127 Å². The summed E-state index contributed by atoms with van der Waals surface area (Å²) in [5, 5.41) is 4.60. The fourth-order valence-electron chi connectivity index (χ4n) is 3.78. The summed E-state index contributed by atoms with van der Waals surface area (Å²) in [5.74, 6) is 0.179. The van der Waals surface area contributed by atoms with Crippen LogP contribution in [0.3, 0.4) is 0 Å². The molecule has 6 heteroatoms. The molecule has 21 heavy (non-hydrogen) atoms. The van der Waals surface area contributed by atoms with Crippen LogP contribution in [0.4, 0.5) is 0 Å². The van der Waals surface area contributed by atoms with Gasteiger partial charge in [-0.15, -0.1) is 0 Å². The van der Waals surface area contributed by atoms with Crippen LogP contribution in [0.15, 0.2) is 0 Å². The highest BCUT2D eigenvalue weighted by Crippen LogP contribution is 2.30. The van der Waals surface area contributed by atoms with Crippen LogP contribution < -0.4 is 0 Å². The average molecular weight is 311 g/mol. The number of aryl methyl sites for hydroxylation is 1. The first-order valence-electron chi connectivity index (χ1n) is 8.06. The zero-order valence-corrected chi connectivity index (χ0v) is 13.8. The van der Waals surface area contributed by atoms with E-state index in [2.05, 4.69) is 5.10 Å². The van der Waals surface area contributed by atoms with Gasteiger partial charge in [0.15, 0.2) is 0 Å². The van der Waals surface area contributed by atoms with Crippen LogP contribution in [0.2, 0.25) is 0 Å². The molecule has 2 aliphatic rings. The zero-order valence-electron chi connectivity index (χ0n) is 13.0. The Kier molecular flexibility index (Phi) is 4.10. The molecule has 1 aromatic rings. The molecule has 1 aromatic heterocycles. The number of nitrogens with zero attached hydrogens (tertiary/aromatic N) is 3. The van der Waals surface area contributed by atoms with Gasteiger partial charge in [0.25, 0.3) is 0 Å². The van der Waals surface area contributed by atoms with E-state index in [-0.39, 0.29) is 11.8 Å². The minimum atomic E-state index is -3.17. The molecule has 0 spiro atoms. The highest BCUT2D eigenvalue weighted by atomic mass is 32.2. The zero-order chi connectivity index (χ0) is 15.0. The summed E-state index contributed by atoms with van der Waals surface area (Å²) in [5.41, 5.74) is 3.57. The van der Waals surface area contributed by atoms with Crippen molar-refractivity contribution in [2.24, 2.45) is 7.05 Å². The van der Waals surface area contributed by atoms with E-state index in [0.717, 1.165) is 50.6 Å². The molecule has 0 amide bonds. The third-order valence-corrected chi connectivity index (χ3v) is 6.83. The van der Waals surface area contributed by atoms with Crippen molar-refractivity contribution in [3.63, 3.8) is 0 Å². The van der Waals surface area contributed by atoms with Gasteiger partial charge in [-0.3, -0.25) is 4.68 Å². The van der Waals surface area contributed by atoms with Crippen molar-refractivity contribution in [3.05, 3.63) is 17.0 Å². The monoisotopic (exact) mass is 311 g/mol. The summed E-state index contributed by atoms with van der Waals surface area (Å²) in [6.07, 6.45) is 7.55. The van der Waals surface area contributed by atoms with Gasteiger partial charge in [-0.25, -0.2) is 8.42 Å². The third-order valence-electron chi connectivity index (χ3n) is 4.96. The summed E-state index contributed by atoms with van der Waals surface area (Å²) in [7, 11) is -1.19. The van der Waals surface area contributed by atoms with Crippen molar-refractivity contribution >= 4 is 10.0 Å². The Bertz CT molecular complexity index is 615. The number of aromatic nitrogens is 2. The maximum Gasteiger partial charge on any atom is 0.214 e. The number of hydrogen-bond acceptors (Lipinski definition) is 3. The van der Waals surface area contributed by atoms with Crippen LogP contribution in [0, 0.1) is 0 Å². The fraction of sp³-hybridized carbons (Fsp3) is 0.800. The van der Waals surface area contributed by atoms with Gasteiger partial charge in [-0.05, 0) is 44.6 Å². The summed E-state index contributed by atoms with van der Waals surface area (Å²) < 4.78 is 28.7. The van der Waals surface area contributed by atoms with E-state index < -0.39 is 10.0 Å². The second-order valence-electron chi connectivity index (χ2n) is 6.23. The van der Waals surface area contributed by atoms with Crippen molar-refractivity contribution in [2.75, 3.05) is 5.75 Å². The van der Waals surface area contributed by atoms with Gasteiger partial charge in [0, 0.05) is 18.8 Å². The number of fused-ring (bicyclic) bond motifs is 1. The molecular formula is C15H25N3O2S. The van der Waals surface area contributed by atoms with E-state index in [4.69, 9.17) is 0 Å². The quantitative estimate of drug-likeness (QED) is 0.836. The molecule has 5 nitrogen and oxygen atoms in total. The molecule has 1 saturated carbocycles. The van der Waals surface area contributed by atoms with E-state index in [9.17, 15) is 8.42 Å². The highest BCUT2D eigenvalue weighted by molar-refractivity contribution is 7.89. The molecule has 0 radical (unpaired) electrons. The Morgan fingerprint density at radius 2 is 1.95 bits per heavy atom. The molecule has 1 fully saturated rings. The molecular weight excluding hydrogens is 286 g/mol. The van der Waals surface area contributed by atoms with E-state index in [1.54, 1.807) is 11.2 Å². The van der Waals surface area contributed by atoms with Crippen molar-refractivity contribution in [3.8, 4) is 0 Å². The van der Waals surface area contributed by atoms with Crippen LogP contribution in [-0.2, 0) is 36.5 Å². The lowest BCUT2D eigenvalue weighted by Crippen LogP contribution is -2.39. The van der Waals surface area contributed by atoms with Crippen molar-refractivity contribution in [1.82, 2.24) is 14.1 Å². The van der Waals surface area contributed by atoms with Crippen molar-refractivity contribution < 1.29 is 8.42 Å². The maximum atomic E-state index is 12.5. The molecule has 118 valence electrons. The number of hydrogen-bond donors (Lipinski definition) is 0. The van der Waals surface area contributed by atoms with Gasteiger partial charge < -0.3 is 0 Å². The van der Waals surface area contributed by atoms with E-state index in [1.807, 2.05) is 11.7 Å². The number of sulfonamides is 1. The highest BCUT2D eigenvalue weighted by Gasteiger charge is 2.33. The average Bonchev–Trinajstić information content (AvgIpc) is 3.15. The summed E-state index contributed by atoms with van der Waals surface area (Å²) >= 11 is 0. The summed E-state index contributed by atoms with van der Waals surface area (Å²) in [6, 6.07) is 0.175. The van der Waals surface area contributed by atoms with Crippen molar-refractivity contribution in [2.45, 2.75) is 64.5 Å². The first-order valence-corrected chi connectivity index (χ1v) is 9.67. The molecule has 0 aliphatic heterocycles.